The third-order valence-electron chi connectivity index (χ3n) is 4.14. The molecule has 1 aromatic heterocycles. The highest BCUT2D eigenvalue weighted by atomic mass is 16.1. The number of nitrogens with zero attached hydrogens (tertiary/aromatic N) is 1. The fourth-order valence-electron chi connectivity index (χ4n) is 2.91. The third kappa shape index (κ3) is 2.92. The van der Waals surface area contributed by atoms with Crippen molar-refractivity contribution in [2.45, 2.75) is 65.5 Å². The maximum Gasteiger partial charge on any atom is 0.255 e. The lowest BCUT2D eigenvalue weighted by Gasteiger charge is -2.20. The van der Waals surface area contributed by atoms with Crippen molar-refractivity contribution < 1.29 is 0 Å². The largest absolute Gasteiger partial charge is 0.312 e. The van der Waals surface area contributed by atoms with Gasteiger partial charge in [0.15, 0.2) is 0 Å². The lowest BCUT2D eigenvalue weighted by molar-refractivity contribution is 0.491. The van der Waals surface area contributed by atoms with E-state index in [1.165, 1.54) is 17.7 Å². The van der Waals surface area contributed by atoms with Crippen LogP contribution < -0.4 is 10.9 Å². The summed E-state index contributed by atoms with van der Waals surface area (Å²) in [7, 11) is 0. The van der Waals surface area contributed by atoms with Crippen LogP contribution >= 0.6 is 0 Å². The summed E-state index contributed by atoms with van der Waals surface area (Å²) in [6.45, 7) is 8.13. The van der Waals surface area contributed by atoms with Gasteiger partial charge in [-0.25, -0.2) is 0 Å². The Hall–Kier alpha value is -1.09. The summed E-state index contributed by atoms with van der Waals surface area (Å²) in [5, 5.41) is 3.35. The fourth-order valence-corrected chi connectivity index (χ4v) is 2.91. The Balaban J connectivity index is 2.38. The van der Waals surface area contributed by atoms with E-state index in [2.05, 4.69) is 36.7 Å². The van der Waals surface area contributed by atoms with Crippen molar-refractivity contribution in [1.82, 2.24) is 9.88 Å². The Morgan fingerprint density at radius 3 is 2.84 bits per heavy atom. The van der Waals surface area contributed by atoms with Crippen LogP contribution in [0, 0.1) is 0 Å². The van der Waals surface area contributed by atoms with Crippen LogP contribution in [0.3, 0.4) is 0 Å². The fraction of sp³-hybridized carbons (Fsp3) is 0.688. The topological polar surface area (TPSA) is 34.0 Å². The minimum Gasteiger partial charge on any atom is -0.312 e. The molecule has 0 radical (unpaired) electrons. The van der Waals surface area contributed by atoms with Crippen LogP contribution in [0.5, 0.6) is 0 Å². The number of hydrogen-bond donors (Lipinski definition) is 1. The molecule has 0 bridgehead atoms. The van der Waals surface area contributed by atoms with Crippen LogP contribution in [-0.2, 0) is 19.4 Å². The molecular formula is C16H26N2O. The zero-order valence-corrected chi connectivity index (χ0v) is 12.5. The minimum absolute atomic E-state index is 0.221. The Labute approximate surface area is 116 Å². The van der Waals surface area contributed by atoms with Crippen LogP contribution in [0.1, 0.15) is 62.9 Å². The zero-order chi connectivity index (χ0) is 13.8. The van der Waals surface area contributed by atoms with Gasteiger partial charge in [-0.1, -0.05) is 13.8 Å². The molecule has 1 N–H and O–H groups in total. The first-order valence-electron chi connectivity index (χ1n) is 7.65. The molecule has 1 aliphatic carbocycles. The van der Waals surface area contributed by atoms with Crippen LogP contribution in [0.25, 0.3) is 0 Å². The van der Waals surface area contributed by atoms with Crippen molar-refractivity contribution in [3.63, 3.8) is 0 Å². The average molecular weight is 262 g/mol. The molecule has 0 aliphatic heterocycles. The molecule has 2 rings (SSSR count). The van der Waals surface area contributed by atoms with Gasteiger partial charge in [0, 0.05) is 23.8 Å². The molecule has 1 unspecified atom stereocenters. The van der Waals surface area contributed by atoms with Crippen LogP contribution in [-0.4, -0.2) is 11.1 Å². The van der Waals surface area contributed by atoms with E-state index in [0.29, 0.717) is 12.6 Å². The van der Waals surface area contributed by atoms with E-state index in [0.717, 1.165) is 37.8 Å². The second-order valence-electron chi connectivity index (χ2n) is 5.60. The van der Waals surface area contributed by atoms with Gasteiger partial charge in [0.1, 0.15) is 0 Å². The van der Waals surface area contributed by atoms with E-state index in [-0.39, 0.29) is 5.56 Å². The number of aryl methyl sites for hydroxylation is 1. The molecule has 0 aromatic carbocycles. The van der Waals surface area contributed by atoms with E-state index < -0.39 is 0 Å². The van der Waals surface area contributed by atoms with E-state index in [4.69, 9.17) is 0 Å². The van der Waals surface area contributed by atoms with Gasteiger partial charge in [-0.2, -0.15) is 0 Å². The van der Waals surface area contributed by atoms with Crippen LogP contribution in [0.15, 0.2) is 10.9 Å². The monoisotopic (exact) mass is 262 g/mol. The molecule has 1 heterocycles. The highest BCUT2D eigenvalue weighted by Crippen LogP contribution is 2.24. The van der Waals surface area contributed by atoms with Gasteiger partial charge >= 0.3 is 0 Å². The highest BCUT2D eigenvalue weighted by Gasteiger charge is 2.21. The summed E-state index contributed by atoms with van der Waals surface area (Å²) < 4.78 is 2.06. The molecule has 106 valence electrons. The molecule has 0 fully saturated rings. The number of aromatic nitrogens is 1. The van der Waals surface area contributed by atoms with Gasteiger partial charge in [-0.05, 0) is 57.2 Å². The predicted molar refractivity (Wildman–Crippen MR) is 79.7 cm³/mol. The number of nitrogens with one attached hydrogen (secondary N) is 1. The van der Waals surface area contributed by atoms with Crippen molar-refractivity contribution in [3.05, 3.63) is 33.2 Å². The Bertz CT molecular complexity index is 490. The molecule has 1 atom stereocenters. The van der Waals surface area contributed by atoms with Crippen LogP contribution in [0.2, 0.25) is 0 Å². The van der Waals surface area contributed by atoms with Crippen molar-refractivity contribution >= 4 is 0 Å². The summed E-state index contributed by atoms with van der Waals surface area (Å²) in [5.41, 5.74) is 3.85. The van der Waals surface area contributed by atoms with E-state index in [1.807, 2.05) is 0 Å². The molecule has 0 amide bonds. The van der Waals surface area contributed by atoms with Gasteiger partial charge in [0.2, 0.25) is 0 Å². The molecule has 19 heavy (non-hydrogen) atoms. The van der Waals surface area contributed by atoms with Crippen molar-refractivity contribution in [2.24, 2.45) is 0 Å². The van der Waals surface area contributed by atoms with E-state index >= 15 is 0 Å². The average Bonchev–Trinajstić information content (AvgIpc) is 2.86. The zero-order valence-electron chi connectivity index (χ0n) is 12.5. The summed E-state index contributed by atoms with van der Waals surface area (Å²) in [4.78, 5) is 12.6. The van der Waals surface area contributed by atoms with E-state index in [1.54, 1.807) is 0 Å². The first kappa shape index (κ1) is 14.3. The standard InChI is InChI=1S/C16H26N2O/c1-4-9-17-11-14-10-13-7-6-8-15(13)18(16(14)19)12(3)5-2/h10,12,17H,4-9,11H2,1-3H3. The van der Waals surface area contributed by atoms with Gasteiger partial charge in [0.05, 0.1) is 0 Å². The summed E-state index contributed by atoms with van der Waals surface area (Å²) in [6.07, 6.45) is 5.50. The Morgan fingerprint density at radius 2 is 2.16 bits per heavy atom. The van der Waals surface area contributed by atoms with E-state index in [9.17, 15) is 4.79 Å². The molecular weight excluding hydrogens is 236 g/mol. The maximum atomic E-state index is 12.6. The molecule has 1 aromatic rings. The Morgan fingerprint density at radius 1 is 1.37 bits per heavy atom. The third-order valence-corrected chi connectivity index (χ3v) is 4.14. The summed E-state index contributed by atoms with van der Waals surface area (Å²) in [6, 6.07) is 2.46. The van der Waals surface area contributed by atoms with Gasteiger partial charge in [-0.15, -0.1) is 0 Å². The van der Waals surface area contributed by atoms with Crippen molar-refractivity contribution in [3.8, 4) is 0 Å². The van der Waals surface area contributed by atoms with Gasteiger partial charge < -0.3 is 9.88 Å². The summed E-state index contributed by atoms with van der Waals surface area (Å²) in [5.74, 6) is 0. The second kappa shape index (κ2) is 6.38. The Kier molecular flexibility index (Phi) is 4.81. The molecule has 3 heteroatoms. The SMILES string of the molecule is CCCNCc1cc2c(n(C(C)CC)c1=O)CCC2. The predicted octanol–water partition coefficient (Wildman–Crippen LogP) is 2.81. The molecule has 0 saturated heterocycles. The van der Waals surface area contributed by atoms with Gasteiger partial charge in [0.25, 0.3) is 5.56 Å². The lowest BCUT2D eigenvalue weighted by atomic mass is 10.1. The maximum absolute atomic E-state index is 12.6. The highest BCUT2D eigenvalue weighted by molar-refractivity contribution is 5.31. The molecule has 0 saturated carbocycles. The number of pyridine rings is 1. The summed E-state index contributed by atoms with van der Waals surface area (Å²) >= 11 is 0. The number of hydrogen-bond acceptors (Lipinski definition) is 2. The normalized spacial score (nSPS) is 15.5. The molecule has 0 spiro atoms. The van der Waals surface area contributed by atoms with Gasteiger partial charge in [-0.3, -0.25) is 4.79 Å². The quantitative estimate of drug-likeness (QED) is 0.800. The smallest absolute Gasteiger partial charge is 0.255 e. The molecule has 1 aliphatic rings. The molecule has 3 nitrogen and oxygen atoms in total. The minimum atomic E-state index is 0.221. The number of fused-ring (bicyclic) bond motifs is 1. The lowest BCUT2D eigenvalue weighted by Crippen LogP contribution is -2.31. The van der Waals surface area contributed by atoms with Crippen LogP contribution in [0.4, 0.5) is 0 Å². The van der Waals surface area contributed by atoms with Crippen molar-refractivity contribution in [2.75, 3.05) is 6.54 Å². The van der Waals surface area contributed by atoms with Crippen molar-refractivity contribution in [1.29, 1.82) is 0 Å². The second-order valence-corrected chi connectivity index (χ2v) is 5.60. The number of rotatable bonds is 6. The first-order chi connectivity index (χ1) is 9.19. The first-order valence-corrected chi connectivity index (χ1v) is 7.65.